The molecule has 7 heteroatoms. The Kier molecular flexibility index (Phi) is 6.87. The standard InChI is InChI=1S/C14H20N2O4S/c1-10(11-6-5-9-21-11)16(2)14(20)15-12(17)7-3-4-8-13(18)19/h5-6,9-10H,3-4,7-8H2,1-2H3,(H,18,19)(H,15,17,20). The van der Waals surface area contributed by atoms with Crippen molar-refractivity contribution in [3.63, 3.8) is 0 Å². The number of carbonyl (C=O) groups excluding carboxylic acids is 2. The molecule has 6 nitrogen and oxygen atoms in total. The number of thiophene rings is 1. The number of nitrogens with zero attached hydrogens (tertiary/aromatic N) is 1. The lowest BCUT2D eigenvalue weighted by molar-refractivity contribution is -0.137. The number of rotatable bonds is 7. The predicted octanol–water partition coefficient (Wildman–Crippen LogP) is 2.62. The normalized spacial score (nSPS) is 11.7. The van der Waals surface area contributed by atoms with Gasteiger partial charge in [0.25, 0.3) is 0 Å². The molecule has 2 N–H and O–H groups in total. The van der Waals surface area contributed by atoms with Crippen LogP contribution >= 0.6 is 11.3 Å². The van der Waals surface area contributed by atoms with E-state index in [-0.39, 0.29) is 24.8 Å². The molecule has 1 aromatic rings. The summed E-state index contributed by atoms with van der Waals surface area (Å²) in [7, 11) is 1.64. The van der Waals surface area contributed by atoms with E-state index >= 15 is 0 Å². The molecule has 1 atom stereocenters. The van der Waals surface area contributed by atoms with Crippen molar-refractivity contribution in [1.82, 2.24) is 10.2 Å². The van der Waals surface area contributed by atoms with Gasteiger partial charge in [0.2, 0.25) is 5.91 Å². The van der Waals surface area contributed by atoms with Gasteiger partial charge >= 0.3 is 12.0 Å². The molecule has 0 fully saturated rings. The van der Waals surface area contributed by atoms with E-state index in [0.29, 0.717) is 12.8 Å². The van der Waals surface area contributed by atoms with Gasteiger partial charge in [-0.3, -0.25) is 14.9 Å². The molecule has 0 aliphatic heterocycles. The summed E-state index contributed by atoms with van der Waals surface area (Å²) in [4.78, 5) is 36.4. The van der Waals surface area contributed by atoms with Gasteiger partial charge in [0.05, 0.1) is 6.04 Å². The fourth-order valence-corrected chi connectivity index (χ4v) is 2.55. The van der Waals surface area contributed by atoms with Gasteiger partial charge in [0.15, 0.2) is 0 Å². The van der Waals surface area contributed by atoms with E-state index in [9.17, 15) is 14.4 Å². The Hall–Kier alpha value is -1.89. The summed E-state index contributed by atoms with van der Waals surface area (Å²) < 4.78 is 0. The second-order valence-corrected chi connectivity index (χ2v) is 5.74. The van der Waals surface area contributed by atoms with Crippen LogP contribution in [0.2, 0.25) is 0 Å². The van der Waals surface area contributed by atoms with Crippen molar-refractivity contribution in [3.05, 3.63) is 22.4 Å². The Morgan fingerprint density at radius 2 is 2.00 bits per heavy atom. The van der Waals surface area contributed by atoms with Crippen LogP contribution in [0.15, 0.2) is 17.5 Å². The zero-order valence-electron chi connectivity index (χ0n) is 12.2. The van der Waals surface area contributed by atoms with Crippen LogP contribution in [0.4, 0.5) is 4.79 Å². The molecule has 0 saturated heterocycles. The third kappa shape index (κ3) is 5.95. The number of imide groups is 1. The maximum absolute atomic E-state index is 11.9. The monoisotopic (exact) mass is 312 g/mol. The summed E-state index contributed by atoms with van der Waals surface area (Å²) in [5, 5.41) is 12.7. The Bertz CT molecular complexity index is 487. The molecule has 1 rings (SSSR count). The molecule has 3 amide bonds. The minimum Gasteiger partial charge on any atom is -0.481 e. The summed E-state index contributed by atoms with van der Waals surface area (Å²) in [5.41, 5.74) is 0. The summed E-state index contributed by atoms with van der Waals surface area (Å²) in [6, 6.07) is 3.30. The Morgan fingerprint density at radius 1 is 1.33 bits per heavy atom. The third-order valence-corrected chi connectivity index (χ3v) is 4.19. The second-order valence-electron chi connectivity index (χ2n) is 4.76. The number of amides is 3. The number of urea groups is 1. The molecule has 0 radical (unpaired) electrons. The highest BCUT2D eigenvalue weighted by molar-refractivity contribution is 7.10. The van der Waals surface area contributed by atoms with Gasteiger partial charge in [-0.15, -0.1) is 11.3 Å². The molecule has 116 valence electrons. The first-order chi connectivity index (χ1) is 9.91. The van der Waals surface area contributed by atoms with Crippen LogP contribution in [0.25, 0.3) is 0 Å². The molecule has 1 heterocycles. The number of hydrogen-bond acceptors (Lipinski definition) is 4. The maximum atomic E-state index is 11.9. The lowest BCUT2D eigenvalue weighted by atomic mass is 10.2. The Labute approximate surface area is 127 Å². The number of hydrogen-bond donors (Lipinski definition) is 2. The molecule has 0 spiro atoms. The van der Waals surface area contributed by atoms with E-state index in [1.807, 2.05) is 24.4 Å². The van der Waals surface area contributed by atoms with E-state index < -0.39 is 12.0 Å². The molecule has 21 heavy (non-hydrogen) atoms. The van der Waals surface area contributed by atoms with Crippen LogP contribution in [-0.2, 0) is 9.59 Å². The number of carboxylic acid groups (broad SMARTS) is 1. The van der Waals surface area contributed by atoms with Crippen molar-refractivity contribution in [1.29, 1.82) is 0 Å². The zero-order valence-corrected chi connectivity index (χ0v) is 13.0. The minimum atomic E-state index is -0.879. The first kappa shape index (κ1) is 17.2. The average molecular weight is 312 g/mol. The van der Waals surface area contributed by atoms with Gasteiger partial charge in [0.1, 0.15) is 0 Å². The summed E-state index contributed by atoms with van der Waals surface area (Å²) >= 11 is 1.55. The lowest BCUT2D eigenvalue weighted by Crippen LogP contribution is -2.41. The predicted molar refractivity (Wildman–Crippen MR) is 80.1 cm³/mol. The number of carbonyl (C=O) groups is 3. The van der Waals surface area contributed by atoms with Gasteiger partial charge in [-0.05, 0) is 31.2 Å². The molecule has 0 aliphatic carbocycles. The van der Waals surface area contributed by atoms with Crippen molar-refractivity contribution in [2.24, 2.45) is 0 Å². The van der Waals surface area contributed by atoms with Crippen molar-refractivity contribution in [3.8, 4) is 0 Å². The van der Waals surface area contributed by atoms with Gasteiger partial charge in [-0.2, -0.15) is 0 Å². The first-order valence-electron chi connectivity index (χ1n) is 6.73. The van der Waals surface area contributed by atoms with Crippen LogP contribution in [0, 0.1) is 0 Å². The van der Waals surface area contributed by atoms with Crippen LogP contribution < -0.4 is 5.32 Å². The van der Waals surface area contributed by atoms with E-state index in [0.717, 1.165) is 4.88 Å². The minimum absolute atomic E-state index is 0.0382. The maximum Gasteiger partial charge on any atom is 0.324 e. The van der Waals surface area contributed by atoms with Gasteiger partial charge in [0, 0.05) is 24.8 Å². The van der Waals surface area contributed by atoms with E-state index in [1.54, 1.807) is 18.4 Å². The molecular weight excluding hydrogens is 292 g/mol. The summed E-state index contributed by atoms with van der Waals surface area (Å²) in [5.74, 6) is -1.26. The van der Waals surface area contributed by atoms with Crippen LogP contribution in [0.5, 0.6) is 0 Å². The highest BCUT2D eigenvalue weighted by atomic mass is 32.1. The molecular formula is C14H20N2O4S. The van der Waals surface area contributed by atoms with Crippen LogP contribution in [0.3, 0.4) is 0 Å². The van der Waals surface area contributed by atoms with Gasteiger partial charge in [-0.1, -0.05) is 6.07 Å². The van der Waals surface area contributed by atoms with Crippen molar-refractivity contribution in [2.75, 3.05) is 7.05 Å². The molecule has 0 aliphatic rings. The zero-order chi connectivity index (χ0) is 15.8. The molecule has 1 unspecified atom stereocenters. The Balaban J connectivity index is 2.34. The van der Waals surface area contributed by atoms with E-state index in [2.05, 4.69) is 5.32 Å². The average Bonchev–Trinajstić information content (AvgIpc) is 2.95. The highest BCUT2D eigenvalue weighted by Crippen LogP contribution is 2.23. The van der Waals surface area contributed by atoms with Gasteiger partial charge < -0.3 is 10.0 Å². The molecule has 0 bridgehead atoms. The SMILES string of the molecule is CC(c1cccs1)N(C)C(=O)NC(=O)CCCCC(=O)O. The van der Waals surface area contributed by atoms with Crippen LogP contribution in [-0.4, -0.2) is 35.0 Å². The topological polar surface area (TPSA) is 86.7 Å². The molecule has 1 aromatic heterocycles. The fourth-order valence-electron chi connectivity index (χ4n) is 1.73. The van der Waals surface area contributed by atoms with Crippen molar-refractivity contribution >= 4 is 29.2 Å². The summed E-state index contributed by atoms with van der Waals surface area (Å²) in [6.45, 7) is 1.89. The molecule has 0 aromatic carbocycles. The number of carboxylic acids is 1. The number of aliphatic carboxylic acids is 1. The highest BCUT2D eigenvalue weighted by Gasteiger charge is 2.19. The smallest absolute Gasteiger partial charge is 0.324 e. The second kappa shape index (κ2) is 8.41. The largest absolute Gasteiger partial charge is 0.481 e. The summed E-state index contributed by atoms with van der Waals surface area (Å²) in [6.07, 6.45) is 1.07. The number of nitrogens with one attached hydrogen (secondary N) is 1. The fraction of sp³-hybridized carbons (Fsp3) is 0.500. The van der Waals surface area contributed by atoms with E-state index in [1.165, 1.54) is 4.90 Å². The van der Waals surface area contributed by atoms with Crippen LogP contribution in [0.1, 0.15) is 43.5 Å². The first-order valence-corrected chi connectivity index (χ1v) is 7.61. The lowest BCUT2D eigenvalue weighted by Gasteiger charge is -2.23. The van der Waals surface area contributed by atoms with E-state index in [4.69, 9.17) is 5.11 Å². The third-order valence-electron chi connectivity index (χ3n) is 3.15. The Morgan fingerprint density at radius 3 is 2.57 bits per heavy atom. The quantitative estimate of drug-likeness (QED) is 0.758. The van der Waals surface area contributed by atoms with Crippen molar-refractivity contribution < 1.29 is 19.5 Å². The van der Waals surface area contributed by atoms with Gasteiger partial charge in [-0.25, -0.2) is 4.79 Å². The van der Waals surface area contributed by atoms with Crippen molar-refractivity contribution in [2.45, 2.75) is 38.6 Å². The molecule has 0 saturated carbocycles. The number of unbranched alkanes of at least 4 members (excludes halogenated alkanes) is 1.